The van der Waals surface area contributed by atoms with Crippen molar-refractivity contribution < 1.29 is 4.79 Å². The van der Waals surface area contributed by atoms with Gasteiger partial charge in [0.25, 0.3) is 0 Å². The topological polar surface area (TPSA) is 61.4 Å². The maximum absolute atomic E-state index is 13.0. The average Bonchev–Trinajstić information content (AvgIpc) is 2.91. The van der Waals surface area contributed by atoms with Crippen molar-refractivity contribution in [1.82, 2.24) is 20.2 Å². The van der Waals surface area contributed by atoms with E-state index in [0.717, 1.165) is 75.5 Å². The highest BCUT2D eigenvalue weighted by Gasteiger charge is 2.28. The van der Waals surface area contributed by atoms with Gasteiger partial charge in [0, 0.05) is 56.3 Å². The van der Waals surface area contributed by atoms with Crippen LogP contribution in [0.15, 0.2) is 67.0 Å². The van der Waals surface area contributed by atoms with Crippen molar-refractivity contribution in [3.05, 3.63) is 78.1 Å². The third kappa shape index (κ3) is 6.06. The summed E-state index contributed by atoms with van der Waals surface area (Å²) in [5, 5.41) is 3.35. The van der Waals surface area contributed by atoms with Crippen LogP contribution in [0.4, 0.5) is 5.82 Å². The van der Waals surface area contributed by atoms with Crippen LogP contribution in [0.25, 0.3) is 11.3 Å². The zero-order valence-corrected chi connectivity index (χ0v) is 20.6. The first-order valence-corrected chi connectivity index (χ1v) is 12.8. The maximum Gasteiger partial charge on any atom is 0.223 e. The van der Waals surface area contributed by atoms with E-state index in [2.05, 4.69) is 92.7 Å². The third-order valence-corrected chi connectivity index (χ3v) is 7.37. The van der Waals surface area contributed by atoms with E-state index in [1.165, 1.54) is 11.1 Å². The molecule has 0 unspecified atom stereocenters. The molecular weight excluding hydrogens is 434 g/mol. The van der Waals surface area contributed by atoms with Crippen LogP contribution in [-0.2, 0) is 11.3 Å². The minimum absolute atomic E-state index is 0.0898. The summed E-state index contributed by atoms with van der Waals surface area (Å²) in [4.78, 5) is 26.7. The second kappa shape index (κ2) is 11.0. The Balaban J connectivity index is 1.08. The number of aryl methyl sites for hydroxylation is 1. The molecule has 0 atom stereocenters. The van der Waals surface area contributed by atoms with E-state index in [4.69, 9.17) is 0 Å². The van der Waals surface area contributed by atoms with Crippen LogP contribution < -0.4 is 10.2 Å². The van der Waals surface area contributed by atoms with Gasteiger partial charge >= 0.3 is 0 Å². The van der Waals surface area contributed by atoms with Crippen LogP contribution in [-0.4, -0.2) is 53.0 Å². The lowest BCUT2D eigenvalue weighted by molar-refractivity contribution is -0.126. The molecule has 6 heteroatoms. The van der Waals surface area contributed by atoms with Crippen molar-refractivity contribution >= 4 is 11.7 Å². The predicted octanol–water partition coefficient (Wildman–Crippen LogP) is 4.45. The minimum atomic E-state index is 0.0898. The van der Waals surface area contributed by atoms with E-state index >= 15 is 0 Å². The summed E-state index contributed by atoms with van der Waals surface area (Å²) in [6, 6.07) is 21.4. The molecule has 6 nitrogen and oxygen atoms in total. The van der Waals surface area contributed by atoms with Crippen molar-refractivity contribution in [2.45, 2.75) is 45.2 Å². The standard InChI is InChI=1S/C29H35N5O/c1-22-7-9-24(10-8-22)27-19-28(31-21-30-27)34-17-11-25(12-18-34)29(35)32-26-13-15-33(16-14-26)20-23-5-3-2-4-6-23/h2-10,19,21,25-26H,11-18,20H2,1H3,(H,32,35). The Labute approximate surface area is 208 Å². The fraction of sp³-hybridized carbons (Fsp3) is 0.414. The number of likely N-dealkylation sites (tertiary alicyclic amines) is 1. The van der Waals surface area contributed by atoms with Crippen LogP contribution in [0.1, 0.15) is 36.8 Å². The number of aromatic nitrogens is 2. The molecular formula is C29H35N5O. The normalized spacial score (nSPS) is 17.9. The number of hydrogen-bond donors (Lipinski definition) is 1. The Bertz CT molecular complexity index is 1100. The molecule has 3 aromatic rings. The Kier molecular flexibility index (Phi) is 7.38. The van der Waals surface area contributed by atoms with Crippen molar-refractivity contribution in [2.75, 3.05) is 31.1 Å². The van der Waals surface area contributed by atoms with Gasteiger partial charge in [-0.15, -0.1) is 0 Å². The summed E-state index contributed by atoms with van der Waals surface area (Å²) in [6.45, 7) is 6.85. The number of piperidine rings is 2. The Hall–Kier alpha value is -3.25. The fourth-order valence-corrected chi connectivity index (χ4v) is 5.17. The number of anilines is 1. The zero-order valence-electron chi connectivity index (χ0n) is 20.6. The van der Waals surface area contributed by atoms with Crippen molar-refractivity contribution in [2.24, 2.45) is 5.92 Å². The van der Waals surface area contributed by atoms with Gasteiger partial charge < -0.3 is 10.2 Å². The highest BCUT2D eigenvalue weighted by molar-refractivity contribution is 5.79. The molecule has 3 heterocycles. The van der Waals surface area contributed by atoms with Crippen LogP contribution in [0.2, 0.25) is 0 Å². The summed E-state index contributed by atoms with van der Waals surface area (Å²) in [6.07, 6.45) is 5.43. The molecule has 1 N–H and O–H groups in total. The molecule has 1 amide bonds. The number of nitrogens with zero attached hydrogens (tertiary/aromatic N) is 4. The van der Waals surface area contributed by atoms with Crippen molar-refractivity contribution in [3.63, 3.8) is 0 Å². The molecule has 2 aliphatic rings. The highest BCUT2D eigenvalue weighted by atomic mass is 16.2. The molecule has 0 bridgehead atoms. The first-order valence-electron chi connectivity index (χ1n) is 12.8. The van der Waals surface area contributed by atoms with Gasteiger partial charge in [0.2, 0.25) is 5.91 Å². The maximum atomic E-state index is 13.0. The number of nitrogens with one attached hydrogen (secondary N) is 1. The minimum Gasteiger partial charge on any atom is -0.356 e. The molecule has 5 rings (SSSR count). The molecule has 2 saturated heterocycles. The molecule has 0 spiro atoms. The second-order valence-corrected chi connectivity index (χ2v) is 9.93. The molecule has 0 aliphatic carbocycles. The summed E-state index contributed by atoms with van der Waals surface area (Å²) < 4.78 is 0. The number of carbonyl (C=O) groups is 1. The number of amides is 1. The summed E-state index contributed by atoms with van der Waals surface area (Å²) in [7, 11) is 0. The number of carbonyl (C=O) groups excluding carboxylic acids is 1. The van der Waals surface area contributed by atoms with Gasteiger partial charge in [0.05, 0.1) is 5.69 Å². The Morgan fingerprint density at radius 3 is 2.34 bits per heavy atom. The molecule has 1 aromatic heterocycles. The number of hydrogen-bond acceptors (Lipinski definition) is 5. The largest absolute Gasteiger partial charge is 0.356 e. The molecule has 182 valence electrons. The van der Waals surface area contributed by atoms with Gasteiger partial charge in [-0.05, 0) is 38.2 Å². The molecule has 0 radical (unpaired) electrons. The van der Waals surface area contributed by atoms with Crippen LogP contribution in [0.3, 0.4) is 0 Å². The quantitative estimate of drug-likeness (QED) is 0.578. The fourth-order valence-electron chi connectivity index (χ4n) is 5.17. The van der Waals surface area contributed by atoms with E-state index in [-0.39, 0.29) is 11.8 Å². The molecule has 0 saturated carbocycles. The van der Waals surface area contributed by atoms with Crippen molar-refractivity contribution in [1.29, 1.82) is 0 Å². The van der Waals surface area contributed by atoms with Gasteiger partial charge in [-0.3, -0.25) is 9.69 Å². The molecule has 2 fully saturated rings. The predicted molar refractivity (Wildman–Crippen MR) is 140 cm³/mol. The van der Waals surface area contributed by atoms with Crippen molar-refractivity contribution in [3.8, 4) is 11.3 Å². The molecule has 2 aliphatic heterocycles. The van der Waals surface area contributed by atoms with E-state index in [9.17, 15) is 4.79 Å². The lowest BCUT2D eigenvalue weighted by Gasteiger charge is -2.35. The monoisotopic (exact) mass is 469 g/mol. The highest BCUT2D eigenvalue weighted by Crippen LogP contribution is 2.26. The molecule has 2 aromatic carbocycles. The average molecular weight is 470 g/mol. The lowest BCUT2D eigenvalue weighted by atomic mass is 9.94. The first-order chi connectivity index (χ1) is 17.1. The van der Waals surface area contributed by atoms with E-state index in [0.29, 0.717) is 6.04 Å². The van der Waals surface area contributed by atoms with E-state index in [1.807, 2.05) is 0 Å². The van der Waals surface area contributed by atoms with E-state index in [1.54, 1.807) is 6.33 Å². The van der Waals surface area contributed by atoms with Gasteiger partial charge in [-0.1, -0.05) is 60.2 Å². The van der Waals surface area contributed by atoms with E-state index < -0.39 is 0 Å². The number of rotatable bonds is 6. The van der Waals surface area contributed by atoms with Gasteiger partial charge in [0.15, 0.2) is 0 Å². The third-order valence-electron chi connectivity index (χ3n) is 7.37. The van der Waals surface area contributed by atoms with Gasteiger partial charge in [-0.2, -0.15) is 0 Å². The first kappa shape index (κ1) is 23.5. The van der Waals surface area contributed by atoms with Gasteiger partial charge in [0.1, 0.15) is 12.1 Å². The van der Waals surface area contributed by atoms with Crippen LogP contribution >= 0.6 is 0 Å². The van der Waals surface area contributed by atoms with Gasteiger partial charge in [-0.25, -0.2) is 9.97 Å². The smallest absolute Gasteiger partial charge is 0.223 e. The zero-order chi connectivity index (χ0) is 24.0. The molecule has 35 heavy (non-hydrogen) atoms. The Morgan fingerprint density at radius 2 is 1.63 bits per heavy atom. The van der Waals surface area contributed by atoms with Crippen LogP contribution in [0, 0.1) is 12.8 Å². The second-order valence-electron chi connectivity index (χ2n) is 9.93. The summed E-state index contributed by atoms with van der Waals surface area (Å²) in [5.74, 6) is 1.27. The Morgan fingerprint density at radius 1 is 0.914 bits per heavy atom. The lowest BCUT2D eigenvalue weighted by Crippen LogP contribution is -2.48. The summed E-state index contributed by atoms with van der Waals surface area (Å²) >= 11 is 0. The van der Waals surface area contributed by atoms with Crippen LogP contribution in [0.5, 0.6) is 0 Å². The number of benzene rings is 2. The summed E-state index contributed by atoms with van der Waals surface area (Å²) in [5.41, 5.74) is 4.63. The SMILES string of the molecule is Cc1ccc(-c2cc(N3CCC(C(=O)NC4CCN(Cc5ccccc5)CC4)CC3)ncn2)cc1.